The van der Waals surface area contributed by atoms with Gasteiger partial charge in [-0.25, -0.2) is 0 Å². The minimum absolute atomic E-state index is 0.00775. The average Bonchev–Trinajstić information content (AvgIpc) is 3.46. The molecule has 1 aliphatic rings. The van der Waals surface area contributed by atoms with E-state index in [2.05, 4.69) is 10.2 Å². The first kappa shape index (κ1) is 21.0. The molecule has 0 radical (unpaired) electrons. The summed E-state index contributed by atoms with van der Waals surface area (Å²) in [7, 11) is 0. The lowest BCUT2D eigenvalue weighted by Crippen LogP contribution is -2.32. The molecule has 1 fully saturated rings. The van der Waals surface area contributed by atoms with Gasteiger partial charge in [0, 0.05) is 5.56 Å². The van der Waals surface area contributed by atoms with Crippen LogP contribution in [0.2, 0.25) is 0 Å². The lowest BCUT2D eigenvalue weighted by atomic mass is 10.1. The first-order chi connectivity index (χ1) is 16.3. The number of carbonyl (C=O) groups is 1. The molecule has 1 saturated heterocycles. The van der Waals surface area contributed by atoms with E-state index in [4.69, 9.17) is 4.42 Å². The highest BCUT2D eigenvalue weighted by molar-refractivity contribution is 8.16. The van der Waals surface area contributed by atoms with Gasteiger partial charge in [0.15, 0.2) is 5.17 Å². The van der Waals surface area contributed by atoms with Crippen LogP contribution in [0.25, 0.3) is 11.3 Å². The van der Waals surface area contributed by atoms with Gasteiger partial charge in [0.2, 0.25) is 5.91 Å². The fourth-order valence-electron chi connectivity index (χ4n) is 3.62. The lowest BCUT2D eigenvalue weighted by molar-refractivity contribution is -0.116. The number of hydrogen-bond donors (Lipinski definition) is 0. The van der Waals surface area contributed by atoms with Crippen LogP contribution in [-0.2, 0) is 11.2 Å². The largest absolute Gasteiger partial charge is 0.455 e. The first-order valence-corrected chi connectivity index (χ1v) is 11.5. The number of benzene rings is 3. The Morgan fingerprint density at radius 2 is 1.52 bits per heavy atom. The fourth-order valence-corrected chi connectivity index (χ4v) is 4.76. The highest BCUT2D eigenvalue weighted by Gasteiger charge is 2.39. The Morgan fingerprint density at radius 3 is 2.24 bits per heavy atom. The number of carbonyl (C=O) groups excluding carboxylic acids is 1. The molecule has 1 aromatic heterocycles. The maximum Gasteiger partial charge on any atom is 0.247 e. The van der Waals surface area contributed by atoms with Crippen molar-refractivity contribution in [2.75, 3.05) is 4.90 Å². The Kier molecular flexibility index (Phi) is 6.17. The van der Waals surface area contributed by atoms with Crippen molar-refractivity contribution in [1.29, 1.82) is 0 Å². The van der Waals surface area contributed by atoms with E-state index >= 15 is 0 Å². The van der Waals surface area contributed by atoms with Gasteiger partial charge in [-0.3, -0.25) is 9.69 Å². The van der Waals surface area contributed by atoms with Crippen molar-refractivity contribution in [3.8, 4) is 11.3 Å². The number of amidine groups is 1. The third-order valence-electron chi connectivity index (χ3n) is 5.23. The number of hydrogen-bond acceptors (Lipinski definition) is 5. The summed E-state index contributed by atoms with van der Waals surface area (Å²) in [5, 5.41) is 8.93. The smallest absolute Gasteiger partial charge is 0.247 e. The lowest BCUT2D eigenvalue weighted by Gasteiger charge is -2.15. The molecule has 0 bridgehead atoms. The van der Waals surface area contributed by atoms with Crippen molar-refractivity contribution in [2.45, 2.75) is 11.7 Å². The molecule has 1 atom stereocenters. The predicted octanol–water partition coefficient (Wildman–Crippen LogP) is 6.03. The Morgan fingerprint density at radius 1 is 0.848 bits per heavy atom. The van der Waals surface area contributed by atoms with Crippen LogP contribution in [0.1, 0.15) is 11.3 Å². The molecule has 0 spiro atoms. The Balaban J connectivity index is 1.38. The van der Waals surface area contributed by atoms with Crippen molar-refractivity contribution in [1.82, 2.24) is 0 Å². The number of rotatable bonds is 6. The summed E-state index contributed by atoms with van der Waals surface area (Å²) in [6.07, 6.45) is 2.20. The molecule has 5 nitrogen and oxygen atoms in total. The summed E-state index contributed by atoms with van der Waals surface area (Å²) in [6, 6.07) is 33.2. The SMILES string of the molecule is O=C1C(Cc2ccccc2)SC(=NN=Cc2ccc(-c3ccccc3)o2)N1c1ccccc1. The van der Waals surface area contributed by atoms with Gasteiger partial charge in [0.25, 0.3) is 0 Å². The molecule has 0 N–H and O–H groups in total. The minimum Gasteiger partial charge on any atom is -0.455 e. The van der Waals surface area contributed by atoms with E-state index in [9.17, 15) is 4.79 Å². The molecule has 6 heteroatoms. The number of para-hydroxylation sites is 1. The standard InChI is InChI=1S/C27H21N3O2S/c31-26-25(18-20-10-4-1-5-11-20)33-27(30(26)22-14-8-3-9-15-22)29-28-19-23-16-17-24(32-23)21-12-6-2-7-13-21/h1-17,19,25H,18H2. The van der Waals surface area contributed by atoms with Gasteiger partial charge in [0.05, 0.1) is 17.2 Å². The van der Waals surface area contributed by atoms with E-state index in [0.717, 1.165) is 22.6 Å². The maximum absolute atomic E-state index is 13.3. The number of anilines is 1. The average molecular weight is 452 g/mol. The first-order valence-electron chi connectivity index (χ1n) is 10.6. The number of thioether (sulfide) groups is 1. The van der Waals surface area contributed by atoms with Crippen LogP contribution in [0.15, 0.2) is 118 Å². The third kappa shape index (κ3) is 4.81. The van der Waals surface area contributed by atoms with Gasteiger partial charge in [-0.15, -0.1) is 5.10 Å². The van der Waals surface area contributed by atoms with E-state index < -0.39 is 0 Å². The molecule has 1 aliphatic heterocycles. The molecule has 1 unspecified atom stereocenters. The molecular formula is C27H21N3O2S. The van der Waals surface area contributed by atoms with Gasteiger partial charge in [-0.05, 0) is 36.2 Å². The molecule has 1 amide bonds. The van der Waals surface area contributed by atoms with Crippen LogP contribution >= 0.6 is 11.8 Å². The third-order valence-corrected chi connectivity index (χ3v) is 6.35. The molecular weight excluding hydrogens is 430 g/mol. The van der Waals surface area contributed by atoms with Gasteiger partial charge in [-0.1, -0.05) is 90.6 Å². The summed E-state index contributed by atoms with van der Waals surface area (Å²) >= 11 is 1.44. The monoisotopic (exact) mass is 451 g/mol. The minimum atomic E-state index is -0.255. The van der Waals surface area contributed by atoms with Crippen LogP contribution in [0, 0.1) is 0 Å². The Labute approximate surface area is 196 Å². The second-order valence-corrected chi connectivity index (χ2v) is 8.67. The Hall–Kier alpha value is -3.90. The molecule has 0 aliphatic carbocycles. The highest BCUT2D eigenvalue weighted by atomic mass is 32.2. The summed E-state index contributed by atoms with van der Waals surface area (Å²) in [4.78, 5) is 14.9. The predicted molar refractivity (Wildman–Crippen MR) is 135 cm³/mol. The zero-order chi connectivity index (χ0) is 22.5. The second kappa shape index (κ2) is 9.71. The topological polar surface area (TPSA) is 58.2 Å². The molecule has 2 heterocycles. The van der Waals surface area contributed by atoms with E-state index in [0.29, 0.717) is 17.3 Å². The van der Waals surface area contributed by atoms with E-state index in [1.165, 1.54) is 11.8 Å². The quantitative estimate of drug-likeness (QED) is 0.266. The van der Waals surface area contributed by atoms with Gasteiger partial charge >= 0.3 is 0 Å². The summed E-state index contributed by atoms with van der Waals surface area (Å²) in [5.74, 6) is 1.37. The fraction of sp³-hybridized carbons (Fsp3) is 0.0741. The summed E-state index contributed by atoms with van der Waals surface area (Å²) in [5.41, 5.74) is 2.90. The molecule has 0 saturated carbocycles. The van der Waals surface area contributed by atoms with Gasteiger partial charge < -0.3 is 4.42 Å². The normalized spacial score (nSPS) is 17.3. The second-order valence-electron chi connectivity index (χ2n) is 7.50. The number of amides is 1. The maximum atomic E-state index is 13.3. The molecule has 4 aromatic rings. The van der Waals surface area contributed by atoms with Crippen LogP contribution in [-0.4, -0.2) is 22.5 Å². The van der Waals surface area contributed by atoms with Crippen LogP contribution in [0.4, 0.5) is 5.69 Å². The summed E-state index contributed by atoms with van der Waals surface area (Å²) in [6.45, 7) is 0. The van der Waals surface area contributed by atoms with E-state index in [-0.39, 0.29) is 11.2 Å². The van der Waals surface area contributed by atoms with Crippen molar-refractivity contribution in [3.63, 3.8) is 0 Å². The van der Waals surface area contributed by atoms with Crippen molar-refractivity contribution in [2.24, 2.45) is 10.2 Å². The molecule has 33 heavy (non-hydrogen) atoms. The molecule has 3 aromatic carbocycles. The highest BCUT2D eigenvalue weighted by Crippen LogP contribution is 2.34. The van der Waals surface area contributed by atoms with Crippen molar-refractivity contribution < 1.29 is 9.21 Å². The zero-order valence-electron chi connectivity index (χ0n) is 17.7. The van der Waals surface area contributed by atoms with Crippen LogP contribution in [0.3, 0.4) is 0 Å². The van der Waals surface area contributed by atoms with Crippen LogP contribution < -0.4 is 4.90 Å². The number of furan rings is 1. The molecule has 5 rings (SSSR count). The van der Waals surface area contributed by atoms with Gasteiger partial charge in [0.1, 0.15) is 11.5 Å². The summed E-state index contributed by atoms with van der Waals surface area (Å²) < 4.78 is 5.86. The van der Waals surface area contributed by atoms with E-state index in [1.54, 1.807) is 11.1 Å². The number of nitrogens with zero attached hydrogens (tertiary/aromatic N) is 3. The van der Waals surface area contributed by atoms with Gasteiger partial charge in [-0.2, -0.15) is 5.10 Å². The Bertz CT molecular complexity index is 1280. The van der Waals surface area contributed by atoms with Crippen molar-refractivity contribution in [3.05, 3.63) is 114 Å². The van der Waals surface area contributed by atoms with Crippen LogP contribution in [0.5, 0.6) is 0 Å². The molecule has 162 valence electrons. The van der Waals surface area contributed by atoms with Crippen molar-refractivity contribution >= 4 is 34.7 Å². The zero-order valence-corrected chi connectivity index (χ0v) is 18.6. The van der Waals surface area contributed by atoms with E-state index in [1.807, 2.05) is 103 Å².